The maximum absolute atomic E-state index is 12.9. The molecule has 0 N–H and O–H groups in total. The summed E-state index contributed by atoms with van der Waals surface area (Å²) in [7, 11) is 0. The predicted octanol–water partition coefficient (Wildman–Crippen LogP) is 23.3. The number of allylic oxidation sites excluding steroid dienone is 12. The van der Waals surface area contributed by atoms with Crippen LogP contribution in [0.5, 0.6) is 0 Å². The van der Waals surface area contributed by atoms with Crippen LogP contribution < -0.4 is 0 Å². The van der Waals surface area contributed by atoms with Crippen LogP contribution in [0.4, 0.5) is 0 Å². The smallest absolute Gasteiger partial charge is 0.306 e. The zero-order valence-corrected chi connectivity index (χ0v) is 51.9. The Balaban J connectivity index is 4.18. The van der Waals surface area contributed by atoms with Crippen LogP contribution in [-0.2, 0) is 28.6 Å². The molecule has 1 atom stereocenters. The largest absolute Gasteiger partial charge is 0.462 e. The van der Waals surface area contributed by atoms with E-state index in [0.717, 1.165) is 96.3 Å². The van der Waals surface area contributed by atoms with Crippen LogP contribution in [0.2, 0.25) is 0 Å². The summed E-state index contributed by atoms with van der Waals surface area (Å²) in [6.07, 6.45) is 86.4. The van der Waals surface area contributed by atoms with E-state index in [-0.39, 0.29) is 31.1 Å². The fraction of sp³-hybridized carbons (Fsp3) is 0.792. The molecule has 0 amide bonds. The lowest BCUT2D eigenvalue weighted by atomic mass is 10.0. The maximum atomic E-state index is 12.9. The number of ether oxygens (including phenoxy) is 3. The van der Waals surface area contributed by atoms with Crippen molar-refractivity contribution in [3.05, 3.63) is 72.9 Å². The normalized spacial score (nSPS) is 12.5. The number of hydrogen-bond donors (Lipinski definition) is 0. The number of unbranched alkanes of at least 4 members (excludes halogenated alkanes) is 39. The molecule has 0 aromatic rings. The highest BCUT2D eigenvalue weighted by molar-refractivity contribution is 5.71. The molecular formula is C72H128O6. The highest BCUT2D eigenvalue weighted by atomic mass is 16.6. The molecule has 0 saturated carbocycles. The molecule has 0 aromatic heterocycles. The Morgan fingerprint density at radius 2 is 0.500 bits per heavy atom. The van der Waals surface area contributed by atoms with E-state index in [1.807, 2.05) is 0 Å². The van der Waals surface area contributed by atoms with Crippen LogP contribution in [0.15, 0.2) is 72.9 Å². The van der Waals surface area contributed by atoms with Crippen LogP contribution in [0.1, 0.15) is 348 Å². The summed E-state index contributed by atoms with van der Waals surface area (Å²) in [5, 5.41) is 0. The molecule has 0 rings (SSSR count). The van der Waals surface area contributed by atoms with Gasteiger partial charge in [0.25, 0.3) is 0 Å². The second kappa shape index (κ2) is 66.4. The summed E-state index contributed by atoms with van der Waals surface area (Å²) in [4.78, 5) is 38.3. The molecule has 0 fully saturated rings. The zero-order valence-electron chi connectivity index (χ0n) is 51.9. The molecule has 0 aliphatic heterocycles. The van der Waals surface area contributed by atoms with Crippen molar-refractivity contribution in [2.75, 3.05) is 13.2 Å². The van der Waals surface area contributed by atoms with Gasteiger partial charge >= 0.3 is 17.9 Å². The number of carbonyl (C=O) groups is 3. The van der Waals surface area contributed by atoms with E-state index >= 15 is 0 Å². The molecule has 0 aliphatic rings. The third-order valence-electron chi connectivity index (χ3n) is 14.9. The number of carbonyl (C=O) groups excluding carboxylic acids is 3. The third-order valence-corrected chi connectivity index (χ3v) is 14.9. The standard InChI is InChI=1S/C72H128O6/c1-4-7-10-13-16-19-22-25-27-29-30-31-32-33-34-35-36-37-38-39-40-41-42-43-45-47-50-53-56-59-62-65-71(74)77-68-69(67-76-70(73)64-61-58-55-52-49-46-24-21-18-15-12-9-6-3)78-72(75)66-63-60-57-54-51-48-44-28-26-23-20-17-14-11-8-5-2/h7,10,16,19,21,24-25,27,30-31,33-34,69H,4-6,8-9,11-15,17-18,20,22-23,26,28-29,32,35-68H2,1-3H3/b10-7-,19-16-,24-21-,27-25-,31-30-,34-33-. The molecule has 6 nitrogen and oxygen atoms in total. The molecule has 6 heteroatoms. The lowest BCUT2D eigenvalue weighted by molar-refractivity contribution is -0.167. The minimum atomic E-state index is -0.776. The molecular weight excluding hydrogens is 961 g/mol. The second-order valence-electron chi connectivity index (χ2n) is 22.7. The van der Waals surface area contributed by atoms with E-state index in [4.69, 9.17) is 14.2 Å². The van der Waals surface area contributed by atoms with Gasteiger partial charge < -0.3 is 14.2 Å². The lowest BCUT2D eigenvalue weighted by Crippen LogP contribution is -2.30. The van der Waals surface area contributed by atoms with Crippen molar-refractivity contribution in [3.63, 3.8) is 0 Å². The van der Waals surface area contributed by atoms with Crippen LogP contribution in [-0.4, -0.2) is 37.2 Å². The molecule has 0 bridgehead atoms. The van der Waals surface area contributed by atoms with Crippen LogP contribution in [0, 0.1) is 0 Å². The average molecular weight is 1090 g/mol. The SMILES string of the molecule is CC/C=C\C/C=C\C/C=C\C/C=C\C/C=C\CCCCCCCCCCCCCCCCCC(=O)OCC(COC(=O)CCCCCCC/C=C\CCCCCC)OC(=O)CCCCCCCCCCCCCCCCCC. The van der Waals surface area contributed by atoms with Gasteiger partial charge in [-0.1, -0.05) is 312 Å². The van der Waals surface area contributed by atoms with Crippen molar-refractivity contribution in [3.8, 4) is 0 Å². The first-order chi connectivity index (χ1) is 38.5. The molecule has 78 heavy (non-hydrogen) atoms. The van der Waals surface area contributed by atoms with Crippen LogP contribution in [0.25, 0.3) is 0 Å². The van der Waals surface area contributed by atoms with E-state index in [2.05, 4.69) is 93.7 Å². The molecule has 452 valence electrons. The Morgan fingerprint density at radius 1 is 0.269 bits per heavy atom. The Bertz CT molecular complexity index is 1440. The van der Waals surface area contributed by atoms with Crippen molar-refractivity contribution < 1.29 is 28.6 Å². The second-order valence-corrected chi connectivity index (χ2v) is 22.7. The highest BCUT2D eigenvalue weighted by Gasteiger charge is 2.19. The van der Waals surface area contributed by atoms with Gasteiger partial charge in [-0.05, 0) is 89.9 Å². The van der Waals surface area contributed by atoms with Crippen LogP contribution in [0.3, 0.4) is 0 Å². The van der Waals surface area contributed by atoms with Gasteiger partial charge in [0.1, 0.15) is 13.2 Å². The monoisotopic (exact) mass is 1090 g/mol. The van der Waals surface area contributed by atoms with Gasteiger partial charge in [0.05, 0.1) is 0 Å². The van der Waals surface area contributed by atoms with Gasteiger partial charge in [-0.15, -0.1) is 0 Å². The van der Waals surface area contributed by atoms with Crippen LogP contribution >= 0.6 is 0 Å². The van der Waals surface area contributed by atoms with Gasteiger partial charge in [-0.2, -0.15) is 0 Å². The molecule has 0 radical (unpaired) electrons. The van der Waals surface area contributed by atoms with E-state index in [1.54, 1.807) is 0 Å². The van der Waals surface area contributed by atoms with Crippen molar-refractivity contribution in [1.82, 2.24) is 0 Å². The maximum Gasteiger partial charge on any atom is 0.306 e. The molecule has 0 heterocycles. The molecule has 0 spiro atoms. The summed E-state index contributed by atoms with van der Waals surface area (Å²) in [6.45, 7) is 6.55. The van der Waals surface area contributed by atoms with Crippen molar-refractivity contribution in [1.29, 1.82) is 0 Å². The Hall–Kier alpha value is -3.15. The fourth-order valence-electron chi connectivity index (χ4n) is 9.88. The summed E-state index contributed by atoms with van der Waals surface area (Å²) >= 11 is 0. The first-order valence-electron chi connectivity index (χ1n) is 33.9. The van der Waals surface area contributed by atoms with E-state index in [9.17, 15) is 14.4 Å². The first kappa shape index (κ1) is 74.8. The van der Waals surface area contributed by atoms with Gasteiger partial charge in [0.2, 0.25) is 0 Å². The minimum absolute atomic E-state index is 0.0730. The number of esters is 3. The minimum Gasteiger partial charge on any atom is -0.462 e. The summed E-state index contributed by atoms with van der Waals surface area (Å²) < 4.78 is 16.9. The molecule has 0 aromatic carbocycles. The van der Waals surface area contributed by atoms with Gasteiger partial charge in [0, 0.05) is 19.3 Å². The Labute approximate surface area is 484 Å². The zero-order chi connectivity index (χ0) is 56.4. The fourth-order valence-corrected chi connectivity index (χ4v) is 9.88. The lowest BCUT2D eigenvalue weighted by Gasteiger charge is -2.18. The Morgan fingerprint density at radius 3 is 0.808 bits per heavy atom. The van der Waals surface area contributed by atoms with E-state index in [1.165, 1.54) is 212 Å². The Kier molecular flexibility index (Phi) is 63.7. The predicted molar refractivity (Wildman–Crippen MR) is 339 cm³/mol. The topological polar surface area (TPSA) is 78.9 Å². The van der Waals surface area contributed by atoms with Gasteiger partial charge in [-0.25, -0.2) is 0 Å². The quantitative estimate of drug-likeness (QED) is 0.0261. The van der Waals surface area contributed by atoms with Crippen molar-refractivity contribution >= 4 is 17.9 Å². The highest BCUT2D eigenvalue weighted by Crippen LogP contribution is 2.18. The number of hydrogen-bond acceptors (Lipinski definition) is 6. The van der Waals surface area contributed by atoms with E-state index in [0.29, 0.717) is 19.3 Å². The summed E-state index contributed by atoms with van der Waals surface area (Å²) in [5.74, 6) is -0.862. The molecule has 0 aliphatic carbocycles. The first-order valence-corrected chi connectivity index (χ1v) is 33.9. The van der Waals surface area contributed by atoms with Crippen molar-refractivity contribution in [2.24, 2.45) is 0 Å². The summed E-state index contributed by atoms with van der Waals surface area (Å²) in [6, 6.07) is 0. The van der Waals surface area contributed by atoms with Crippen molar-refractivity contribution in [2.45, 2.75) is 354 Å². The number of rotatable bonds is 62. The van der Waals surface area contributed by atoms with Gasteiger partial charge in [0.15, 0.2) is 6.10 Å². The van der Waals surface area contributed by atoms with Gasteiger partial charge in [-0.3, -0.25) is 14.4 Å². The molecule has 1 unspecified atom stereocenters. The third kappa shape index (κ3) is 63.7. The molecule has 0 saturated heterocycles. The average Bonchev–Trinajstić information content (AvgIpc) is 3.44. The summed E-state index contributed by atoms with van der Waals surface area (Å²) in [5.41, 5.74) is 0. The van der Waals surface area contributed by atoms with E-state index < -0.39 is 6.10 Å².